The first-order valence-corrected chi connectivity index (χ1v) is 5.78. The molecule has 0 saturated carbocycles. The van der Waals surface area contributed by atoms with Crippen LogP contribution in [0.5, 0.6) is 0 Å². The lowest BCUT2D eigenvalue weighted by Gasteiger charge is -2.21. The van der Waals surface area contributed by atoms with Gasteiger partial charge in [0.1, 0.15) is 5.82 Å². The number of carbonyl (C=O) groups excluding carboxylic acids is 1. The number of rotatable bonds is 5. The normalized spacial score (nSPS) is 10.3. The first-order chi connectivity index (χ1) is 8.70. The van der Waals surface area contributed by atoms with Crippen molar-refractivity contribution in [2.45, 2.75) is 6.92 Å². The Morgan fingerprint density at radius 2 is 2.17 bits per heavy atom. The molecule has 0 bridgehead atoms. The molecule has 1 aromatic carbocycles. The lowest BCUT2D eigenvalue weighted by molar-refractivity contribution is 0.0973. The van der Waals surface area contributed by atoms with E-state index in [2.05, 4.69) is 0 Å². The second kappa shape index (κ2) is 5.49. The monoisotopic (exact) mass is 247 g/mol. The summed E-state index contributed by atoms with van der Waals surface area (Å²) in [4.78, 5) is 13.7. The quantitative estimate of drug-likeness (QED) is 0.761. The fourth-order valence-electron chi connectivity index (χ4n) is 1.75. The molecule has 0 N–H and O–H groups in total. The highest BCUT2D eigenvalue weighted by Gasteiger charge is 2.14. The standard InChI is InChI=1S/C14H14FNO2/c1-2-16(12-6-3-5-11(15)9-12)10-13(17)14-7-4-8-18-14/h3-9H,2,10H2,1H3. The molecular weight excluding hydrogens is 233 g/mol. The van der Waals surface area contributed by atoms with Gasteiger partial charge in [-0.05, 0) is 37.3 Å². The van der Waals surface area contributed by atoms with E-state index in [1.54, 1.807) is 29.2 Å². The second-order valence-corrected chi connectivity index (χ2v) is 3.89. The van der Waals surface area contributed by atoms with Crippen LogP contribution in [-0.4, -0.2) is 18.9 Å². The summed E-state index contributed by atoms with van der Waals surface area (Å²) < 4.78 is 18.2. The van der Waals surface area contributed by atoms with Gasteiger partial charge in [0, 0.05) is 12.2 Å². The summed E-state index contributed by atoms with van der Waals surface area (Å²) in [5, 5.41) is 0. The van der Waals surface area contributed by atoms with E-state index in [0.717, 1.165) is 0 Å². The molecule has 1 heterocycles. The Kier molecular flexibility index (Phi) is 3.77. The molecule has 0 radical (unpaired) electrons. The molecule has 0 aliphatic heterocycles. The third kappa shape index (κ3) is 2.77. The largest absolute Gasteiger partial charge is 0.461 e. The van der Waals surface area contributed by atoms with Crippen LogP contribution in [0.1, 0.15) is 17.5 Å². The smallest absolute Gasteiger partial charge is 0.217 e. The van der Waals surface area contributed by atoms with Crippen molar-refractivity contribution in [2.75, 3.05) is 18.0 Å². The molecule has 0 fully saturated rings. The number of likely N-dealkylation sites (N-methyl/N-ethyl adjacent to an activating group) is 1. The SMILES string of the molecule is CCN(CC(=O)c1ccco1)c1cccc(F)c1. The van der Waals surface area contributed by atoms with E-state index < -0.39 is 0 Å². The van der Waals surface area contributed by atoms with Crippen LogP contribution in [0.2, 0.25) is 0 Å². The average Bonchev–Trinajstić information content (AvgIpc) is 2.89. The van der Waals surface area contributed by atoms with Gasteiger partial charge in [0.05, 0.1) is 12.8 Å². The number of Topliss-reactive ketones (excluding diaryl/α,β-unsaturated/α-hetero) is 1. The summed E-state index contributed by atoms with van der Waals surface area (Å²) in [5.41, 5.74) is 0.692. The molecule has 0 amide bonds. The number of nitrogens with zero attached hydrogens (tertiary/aromatic N) is 1. The topological polar surface area (TPSA) is 33.5 Å². The number of halogens is 1. The summed E-state index contributed by atoms with van der Waals surface area (Å²) in [6, 6.07) is 9.50. The third-order valence-corrected chi connectivity index (χ3v) is 2.69. The van der Waals surface area contributed by atoms with E-state index in [0.29, 0.717) is 18.0 Å². The number of hydrogen-bond acceptors (Lipinski definition) is 3. The van der Waals surface area contributed by atoms with Crippen molar-refractivity contribution in [1.82, 2.24) is 0 Å². The van der Waals surface area contributed by atoms with E-state index in [-0.39, 0.29) is 18.1 Å². The fraction of sp³-hybridized carbons (Fsp3) is 0.214. The van der Waals surface area contributed by atoms with Crippen molar-refractivity contribution in [1.29, 1.82) is 0 Å². The van der Waals surface area contributed by atoms with Crippen LogP contribution in [0.3, 0.4) is 0 Å². The molecule has 18 heavy (non-hydrogen) atoms. The van der Waals surface area contributed by atoms with Crippen molar-refractivity contribution in [3.05, 3.63) is 54.2 Å². The highest BCUT2D eigenvalue weighted by atomic mass is 19.1. The van der Waals surface area contributed by atoms with E-state index in [1.165, 1.54) is 18.4 Å². The van der Waals surface area contributed by atoms with Gasteiger partial charge in [0.25, 0.3) is 0 Å². The van der Waals surface area contributed by atoms with E-state index in [9.17, 15) is 9.18 Å². The van der Waals surface area contributed by atoms with Crippen LogP contribution in [0.15, 0.2) is 47.1 Å². The van der Waals surface area contributed by atoms with Gasteiger partial charge >= 0.3 is 0 Å². The average molecular weight is 247 g/mol. The molecule has 4 heteroatoms. The summed E-state index contributed by atoms with van der Waals surface area (Å²) in [6.07, 6.45) is 1.46. The Bertz CT molecular complexity index is 522. The summed E-state index contributed by atoms with van der Waals surface area (Å²) in [5.74, 6) is -0.104. The maximum atomic E-state index is 13.1. The summed E-state index contributed by atoms with van der Waals surface area (Å²) in [6.45, 7) is 2.71. The van der Waals surface area contributed by atoms with Gasteiger partial charge in [-0.25, -0.2) is 4.39 Å². The van der Waals surface area contributed by atoms with E-state index in [1.807, 2.05) is 6.92 Å². The molecule has 0 aliphatic rings. The van der Waals surface area contributed by atoms with E-state index in [4.69, 9.17) is 4.42 Å². The van der Waals surface area contributed by atoms with Gasteiger partial charge in [0.15, 0.2) is 5.76 Å². The minimum absolute atomic E-state index is 0.119. The van der Waals surface area contributed by atoms with Crippen LogP contribution in [0, 0.1) is 5.82 Å². The maximum absolute atomic E-state index is 13.1. The highest BCUT2D eigenvalue weighted by Crippen LogP contribution is 2.16. The van der Waals surface area contributed by atoms with Crippen molar-refractivity contribution in [3.63, 3.8) is 0 Å². The molecule has 3 nitrogen and oxygen atoms in total. The number of furan rings is 1. The number of ketones is 1. The molecule has 94 valence electrons. The van der Waals surface area contributed by atoms with Crippen LogP contribution >= 0.6 is 0 Å². The van der Waals surface area contributed by atoms with Crippen molar-refractivity contribution in [3.8, 4) is 0 Å². The molecule has 0 saturated heterocycles. The second-order valence-electron chi connectivity index (χ2n) is 3.89. The molecule has 0 aliphatic carbocycles. The van der Waals surface area contributed by atoms with Crippen molar-refractivity contribution in [2.24, 2.45) is 0 Å². The zero-order valence-corrected chi connectivity index (χ0v) is 10.1. The van der Waals surface area contributed by atoms with Gasteiger partial charge in [-0.15, -0.1) is 0 Å². The Morgan fingerprint density at radius 1 is 1.33 bits per heavy atom. The zero-order valence-electron chi connectivity index (χ0n) is 10.1. The van der Waals surface area contributed by atoms with Gasteiger partial charge in [-0.3, -0.25) is 4.79 Å². The molecule has 2 rings (SSSR count). The van der Waals surface area contributed by atoms with Crippen LogP contribution < -0.4 is 4.90 Å². The van der Waals surface area contributed by atoms with E-state index >= 15 is 0 Å². The highest BCUT2D eigenvalue weighted by molar-refractivity contribution is 5.96. The zero-order chi connectivity index (χ0) is 13.0. The maximum Gasteiger partial charge on any atom is 0.217 e. The van der Waals surface area contributed by atoms with Gasteiger partial charge in [-0.2, -0.15) is 0 Å². The van der Waals surface area contributed by atoms with Gasteiger partial charge < -0.3 is 9.32 Å². The molecule has 2 aromatic rings. The van der Waals surface area contributed by atoms with Gasteiger partial charge in [0.2, 0.25) is 5.78 Å². The number of benzene rings is 1. The number of hydrogen-bond donors (Lipinski definition) is 0. The lowest BCUT2D eigenvalue weighted by atomic mass is 10.2. The Balaban J connectivity index is 2.13. The molecular formula is C14H14FNO2. The Labute approximate surface area is 105 Å². The van der Waals surface area contributed by atoms with Crippen LogP contribution in [-0.2, 0) is 0 Å². The predicted octanol–water partition coefficient (Wildman–Crippen LogP) is 3.13. The van der Waals surface area contributed by atoms with Crippen LogP contribution in [0.4, 0.5) is 10.1 Å². The first-order valence-electron chi connectivity index (χ1n) is 5.78. The fourth-order valence-corrected chi connectivity index (χ4v) is 1.75. The molecule has 0 spiro atoms. The van der Waals surface area contributed by atoms with Crippen molar-refractivity contribution < 1.29 is 13.6 Å². The van der Waals surface area contributed by atoms with Gasteiger partial charge in [-0.1, -0.05) is 6.07 Å². The minimum Gasteiger partial charge on any atom is -0.461 e. The molecule has 1 aromatic heterocycles. The predicted molar refractivity (Wildman–Crippen MR) is 67.3 cm³/mol. The number of anilines is 1. The number of carbonyl (C=O) groups is 1. The summed E-state index contributed by atoms with van der Waals surface area (Å²) in [7, 11) is 0. The van der Waals surface area contributed by atoms with Crippen LogP contribution in [0.25, 0.3) is 0 Å². The molecule has 0 atom stereocenters. The lowest BCUT2D eigenvalue weighted by Crippen LogP contribution is -2.29. The summed E-state index contributed by atoms with van der Waals surface area (Å²) >= 11 is 0. The Hall–Kier alpha value is -2.10. The first kappa shape index (κ1) is 12.4. The Morgan fingerprint density at radius 3 is 2.78 bits per heavy atom. The molecule has 0 unspecified atom stereocenters. The minimum atomic E-state index is -0.309. The third-order valence-electron chi connectivity index (χ3n) is 2.69. The van der Waals surface area contributed by atoms with Crippen molar-refractivity contribution >= 4 is 11.5 Å².